The minimum Gasteiger partial charge on any atom is -0.456 e. The summed E-state index contributed by atoms with van der Waals surface area (Å²) in [6.07, 6.45) is 0. The van der Waals surface area contributed by atoms with Crippen molar-refractivity contribution in [1.29, 1.82) is 0 Å². The predicted octanol–water partition coefficient (Wildman–Crippen LogP) is 14.9. The summed E-state index contributed by atoms with van der Waals surface area (Å²) in [4.78, 5) is 0. The van der Waals surface area contributed by atoms with Crippen LogP contribution in [0.5, 0.6) is 0 Å². The van der Waals surface area contributed by atoms with Crippen molar-refractivity contribution in [3.8, 4) is 44.5 Å². The van der Waals surface area contributed by atoms with Gasteiger partial charge in [-0.25, -0.2) is 0 Å². The summed E-state index contributed by atoms with van der Waals surface area (Å²) in [5.41, 5.74) is 11.7. The van der Waals surface area contributed by atoms with Crippen molar-refractivity contribution in [1.82, 2.24) is 0 Å². The Hall–Kier alpha value is -6.48. The third-order valence-electron chi connectivity index (χ3n) is 10.8. The number of hydrogen-bond acceptors (Lipinski definition) is 2. The van der Waals surface area contributed by atoms with Crippen LogP contribution in [-0.2, 0) is 0 Å². The lowest BCUT2D eigenvalue weighted by molar-refractivity contribution is 0.669. The lowest BCUT2D eigenvalue weighted by Crippen LogP contribution is -1.90. The third-order valence-corrected chi connectivity index (χ3v) is 11.5. The highest BCUT2D eigenvalue weighted by Gasteiger charge is 2.20. The van der Waals surface area contributed by atoms with E-state index in [-0.39, 0.29) is 0 Å². The first-order valence-corrected chi connectivity index (χ1v) is 18.7. The van der Waals surface area contributed by atoms with E-state index in [0.29, 0.717) is 0 Å². The summed E-state index contributed by atoms with van der Waals surface area (Å²) in [5, 5.41) is 16.7. The first kappa shape index (κ1) is 29.3. The average Bonchev–Trinajstić information content (AvgIpc) is 3.87. The van der Waals surface area contributed by atoms with Gasteiger partial charge >= 0.3 is 0 Å². The van der Waals surface area contributed by atoms with Crippen molar-refractivity contribution in [2.45, 2.75) is 0 Å². The third kappa shape index (κ3) is 4.35. The van der Waals surface area contributed by atoms with E-state index in [1.54, 1.807) is 11.3 Å². The van der Waals surface area contributed by atoms with Crippen molar-refractivity contribution in [3.05, 3.63) is 181 Å². The Bertz CT molecular complexity index is 3050. The normalized spacial score (nSPS) is 11.8. The maximum Gasteiger partial charge on any atom is 0.136 e. The first-order chi connectivity index (χ1) is 25.8. The Morgan fingerprint density at radius 2 is 0.731 bits per heavy atom. The van der Waals surface area contributed by atoms with Crippen LogP contribution in [0.4, 0.5) is 0 Å². The Morgan fingerprint density at radius 3 is 1.23 bits per heavy atom. The molecule has 0 aliphatic rings. The number of fused-ring (bicyclic) bond motifs is 7. The topological polar surface area (TPSA) is 13.1 Å². The summed E-state index contributed by atoms with van der Waals surface area (Å²) >= 11 is 1.74. The first-order valence-electron chi connectivity index (χ1n) is 17.7. The van der Waals surface area contributed by atoms with E-state index >= 15 is 0 Å². The molecule has 0 amide bonds. The Balaban J connectivity index is 1.13. The highest BCUT2D eigenvalue weighted by Crippen LogP contribution is 2.47. The number of rotatable bonds is 4. The van der Waals surface area contributed by atoms with Gasteiger partial charge in [-0.15, -0.1) is 0 Å². The molecular formula is C50H30OS. The van der Waals surface area contributed by atoms with Crippen molar-refractivity contribution >= 4 is 76.4 Å². The number of benzene rings is 9. The lowest BCUT2D eigenvalue weighted by Gasteiger charge is -2.17. The van der Waals surface area contributed by atoms with Gasteiger partial charge in [-0.2, -0.15) is 11.3 Å². The molecule has 11 rings (SSSR count). The molecule has 52 heavy (non-hydrogen) atoms. The molecule has 1 nitrogen and oxygen atoms in total. The minimum atomic E-state index is 0.896. The van der Waals surface area contributed by atoms with Crippen molar-refractivity contribution in [3.63, 3.8) is 0 Å². The molecule has 0 radical (unpaired) electrons. The molecule has 0 fully saturated rings. The van der Waals surface area contributed by atoms with Crippen molar-refractivity contribution in [2.75, 3.05) is 0 Å². The monoisotopic (exact) mass is 678 g/mol. The van der Waals surface area contributed by atoms with E-state index in [9.17, 15) is 0 Å². The minimum absolute atomic E-state index is 0.896. The zero-order chi connectivity index (χ0) is 34.2. The Morgan fingerprint density at radius 1 is 0.288 bits per heavy atom. The molecule has 0 N–H and O–H groups in total. The fraction of sp³-hybridized carbons (Fsp3) is 0. The maximum atomic E-state index is 6.67. The van der Waals surface area contributed by atoms with Gasteiger partial charge in [0.15, 0.2) is 0 Å². The molecule has 0 bridgehead atoms. The van der Waals surface area contributed by atoms with Crippen LogP contribution >= 0.6 is 11.3 Å². The van der Waals surface area contributed by atoms with Gasteiger partial charge in [0.25, 0.3) is 0 Å². The van der Waals surface area contributed by atoms with E-state index in [2.05, 4.69) is 181 Å². The zero-order valence-electron chi connectivity index (χ0n) is 28.1. The quantitative estimate of drug-likeness (QED) is 0.169. The number of furan rings is 1. The van der Waals surface area contributed by atoms with Crippen LogP contribution in [0, 0.1) is 0 Å². The molecule has 2 heterocycles. The highest BCUT2D eigenvalue weighted by molar-refractivity contribution is 7.08. The van der Waals surface area contributed by atoms with Crippen LogP contribution in [-0.4, -0.2) is 0 Å². The van der Waals surface area contributed by atoms with Crippen LogP contribution in [0.15, 0.2) is 185 Å². The molecule has 0 atom stereocenters. The van der Waals surface area contributed by atoms with E-state index in [0.717, 1.165) is 27.5 Å². The standard InChI is InChI=1S/C50H30OS/c1-2-12-31(13-3-1)47-36-14-4-6-16-38(36)49(39-17-7-5-15-37(39)47)33-22-24-35-44-28-32(23-25-45(44)51-46(35)29-33)48-40-18-8-10-20-42(40)50(34-26-27-52-30-34)43-21-11-9-19-41(43)48/h1-30H. The fourth-order valence-electron chi connectivity index (χ4n) is 8.60. The van der Waals surface area contributed by atoms with E-state index in [4.69, 9.17) is 4.42 Å². The van der Waals surface area contributed by atoms with Crippen molar-refractivity contribution < 1.29 is 4.42 Å². The molecule has 0 aliphatic carbocycles. The van der Waals surface area contributed by atoms with E-state index < -0.39 is 0 Å². The van der Waals surface area contributed by atoms with Crippen LogP contribution in [0.1, 0.15) is 0 Å². The van der Waals surface area contributed by atoms with Crippen LogP contribution < -0.4 is 0 Å². The molecule has 0 saturated heterocycles. The molecule has 0 unspecified atom stereocenters. The van der Waals surface area contributed by atoms with E-state index in [1.165, 1.54) is 82.0 Å². The second kappa shape index (κ2) is 11.5. The summed E-state index contributed by atoms with van der Waals surface area (Å²) in [7, 11) is 0. The van der Waals surface area contributed by atoms with Gasteiger partial charge in [0.2, 0.25) is 0 Å². The fourth-order valence-corrected chi connectivity index (χ4v) is 9.25. The number of hydrogen-bond donors (Lipinski definition) is 0. The van der Waals surface area contributed by atoms with Gasteiger partial charge in [-0.05, 0) is 129 Å². The Kier molecular flexibility index (Phi) is 6.49. The Labute approximate surface area is 304 Å². The molecule has 2 heteroatoms. The molecular weight excluding hydrogens is 649 g/mol. The molecule has 0 spiro atoms. The van der Waals surface area contributed by atoms with Gasteiger partial charge in [-0.3, -0.25) is 0 Å². The van der Waals surface area contributed by atoms with Gasteiger partial charge in [0.1, 0.15) is 11.2 Å². The van der Waals surface area contributed by atoms with Gasteiger partial charge in [0.05, 0.1) is 0 Å². The second-order valence-corrected chi connectivity index (χ2v) is 14.4. The molecule has 9 aromatic carbocycles. The summed E-state index contributed by atoms with van der Waals surface area (Å²) in [6.45, 7) is 0. The van der Waals surface area contributed by atoms with Crippen LogP contribution in [0.2, 0.25) is 0 Å². The lowest BCUT2D eigenvalue weighted by atomic mass is 9.85. The molecule has 0 aliphatic heterocycles. The molecule has 0 saturated carbocycles. The predicted molar refractivity (Wildman–Crippen MR) is 223 cm³/mol. The van der Waals surface area contributed by atoms with Crippen LogP contribution in [0.25, 0.3) is 110 Å². The highest BCUT2D eigenvalue weighted by atomic mass is 32.1. The van der Waals surface area contributed by atoms with Gasteiger partial charge in [-0.1, -0.05) is 140 Å². The SMILES string of the molecule is c1ccc(-c2c3ccccc3c(-c3ccc4c(c3)oc3ccc(-c5c6ccccc6c(-c6ccsc6)c6ccccc56)cc34)c3ccccc23)cc1. The van der Waals surface area contributed by atoms with Gasteiger partial charge < -0.3 is 4.42 Å². The van der Waals surface area contributed by atoms with Gasteiger partial charge in [0, 0.05) is 10.8 Å². The van der Waals surface area contributed by atoms with E-state index in [1.807, 2.05) is 0 Å². The maximum absolute atomic E-state index is 6.67. The summed E-state index contributed by atoms with van der Waals surface area (Å²) < 4.78 is 6.67. The summed E-state index contributed by atoms with van der Waals surface area (Å²) in [5.74, 6) is 0. The second-order valence-electron chi connectivity index (χ2n) is 13.6. The van der Waals surface area contributed by atoms with Crippen molar-refractivity contribution in [2.24, 2.45) is 0 Å². The smallest absolute Gasteiger partial charge is 0.136 e. The average molecular weight is 679 g/mol. The largest absolute Gasteiger partial charge is 0.456 e. The molecule has 2 aromatic heterocycles. The summed E-state index contributed by atoms with van der Waals surface area (Å²) in [6, 6.07) is 61.8. The van der Waals surface area contributed by atoms with Crippen LogP contribution in [0.3, 0.4) is 0 Å². The molecule has 242 valence electrons. The zero-order valence-corrected chi connectivity index (χ0v) is 29.0. The molecule has 11 aromatic rings. The number of thiophene rings is 1.